The van der Waals surface area contributed by atoms with Gasteiger partial charge in [-0.15, -0.1) is 0 Å². The van der Waals surface area contributed by atoms with Crippen LogP contribution in [0.5, 0.6) is 5.88 Å². The summed E-state index contributed by atoms with van der Waals surface area (Å²) in [5, 5.41) is 13.2. The molecule has 0 fully saturated rings. The number of ether oxygens (including phenoxy) is 1. The second-order valence-electron chi connectivity index (χ2n) is 4.40. The molecular formula is C13H14N6O2. The molecule has 3 rings (SSSR count). The van der Waals surface area contributed by atoms with E-state index in [4.69, 9.17) is 15.6 Å². The number of aliphatic hydroxyl groups is 1. The number of hydrogen-bond acceptors (Lipinski definition) is 7. The molecule has 0 saturated heterocycles. The molecule has 0 saturated carbocycles. The molecular weight excluding hydrogens is 272 g/mol. The number of fused-ring (bicyclic) bond motifs is 1. The minimum atomic E-state index is -0.0590. The lowest BCUT2D eigenvalue weighted by molar-refractivity contribution is 0.196. The summed E-state index contributed by atoms with van der Waals surface area (Å²) < 4.78 is 6.95. The molecule has 8 nitrogen and oxygen atoms in total. The molecule has 0 radical (unpaired) electrons. The molecule has 0 unspecified atom stereocenters. The van der Waals surface area contributed by atoms with Crippen LogP contribution in [0.1, 0.15) is 5.56 Å². The minimum Gasteiger partial charge on any atom is -0.475 e. The fourth-order valence-corrected chi connectivity index (χ4v) is 2.04. The topological polar surface area (TPSA) is 111 Å². The lowest BCUT2D eigenvalue weighted by atomic mass is 10.2. The van der Waals surface area contributed by atoms with Crippen molar-refractivity contribution < 1.29 is 9.84 Å². The summed E-state index contributed by atoms with van der Waals surface area (Å²) in [6.45, 7) is 2.08. The Kier molecular flexibility index (Phi) is 3.36. The van der Waals surface area contributed by atoms with Gasteiger partial charge in [-0.25, -0.2) is 19.5 Å². The zero-order valence-electron chi connectivity index (χ0n) is 11.4. The Hall–Kier alpha value is -2.74. The highest BCUT2D eigenvalue weighted by atomic mass is 16.5. The van der Waals surface area contributed by atoms with Gasteiger partial charge in [0.1, 0.15) is 18.6 Å². The van der Waals surface area contributed by atoms with E-state index in [1.165, 1.54) is 0 Å². The van der Waals surface area contributed by atoms with Crippen molar-refractivity contribution in [1.82, 2.24) is 24.6 Å². The maximum Gasteiger partial charge on any atom is 0.220 e. The monoisotopic (exact) mass is 286 g/mol. The molecule has 3 aromatic heterocycles. The third-order valence-electron chi connectivity index (χ3n) is 3.01. The Labute approximate surface area is 120 Å². The predicted molar refractivity (Wildman–Crippen MR) is 75.7 cm³/mol. The molecule has 0 aromatic carbocycles. The SMILES string of the molecule is Cc1c(-c2ccnc(N)n2)nn2cnc(OCCO)cc12. The van der Waals surface area contributed by atoms with E-state index in [9.17, 15) is 0 Å². The van der Waals surface area contributed by atoms with Crippen molar-refractivity contribution in [1.29, 1.82) is 0 Å². The first-order valence-corrected chi connectivity index (χ1v) is 6.36. The molecule has 3 N–H and O–H groups in total. The van der Waals surface area contributed by atoms with E-state index in [2.05, 4.69) is 20.1 Å². The van der Waals surface area contributed by atoms with Crippen LogP contribution in [0.4, 0.5) is 5.95 Å². The van der Waals surface area contributed by atoms with Crippen molar-refractivity contribution in [3.63, 3.8) is 0 Å². The van der Waals surface area contributed by atoms with Crippen molar-refractivity contribution in [3.8, 4) is 17.3 Å². The Bertz CT molecular complexity index is 785. The third kappa shape index (κ3) is 2.48. The number of aromatic nitrogens is 5. The van der Waals surface area contributed by atoms with Crippen molar-refractivity contribution in [2.24, 2.45) is 0 Å². The molecule has 0 amide bonds. The summed E-state index contributed by atoms with van der Waals surface area (Å²) in [4.78, 5) is 12.2. The molecule has 8 heteroatoms. The van der Waals surface area contributed by atoms with Gasteiger partial charge in [0.2, 0.25) is 11.8 Å². The van der Waals surface area contributed by atoms with Crippen LogP contribution in [-0.4, -0.2) is 42.9 Å². The fraction of sp³-hybridized carbons (Fsp3) is 0.231. The summed E-state index contributed by atoms with van der Waals surface area (Å²) in [7, 11) is 0. The fourth-order valence-electron chi connectivity index (χ4n) is 2.04. The average Bonchev–Trinajstić information content (AvgIpc) is 2.82. The van der Waals surface area contributed by atoms with Crippen LogP contribution in [0.15, 0.2) is 24.7 Å². The van der Waals surface area contributed by atoms with Crippen LogP contribution in [0, 0.1) is 6.92 Å². The molecule has 3 aromatic rings. The summed E-state index contributed by atoms with van der Waals surface area (Å²) in [5.74, 6) is 0.641. The van der Waals surface area contributed by atoms with E-state index >= 15 is 0 Å². The first kappa shape index (κ1) is 13.3. The number of nitrogens with two attached hydrogens (primary N) is 1. The lowest BCUT2D eigenvalue weighted by Gasteiger charge is -2.02. The van der Waals surface area contributed by atoms with Crippen LogP contribution in [0.2, 0.25) is 0 Å². The highest BCUT2D eigenvalue weighted by Gasteiger charge is 2.13. The van der Waals surface area contributed by atoms with Gasteiger partial charge in [-0.05, 0) is 13.0 Å². The maximum absolute atomic E-state index is 8.78. The zero-order valence-corrected chi connectivity index (χ0v) is 11.4. The number of aliphatic hydroxyl groups excluding tert-OH is 1. The van der Waals surface area contributed by atoms with Gasteiger partial charge in [0.25, 0.3) is 0 Å². The normalized spacial score (nSPS) is 11.0. The van der Waals surface area contributed by atoms with Crippen LogP contribution in [0.3, 0.4) is 0 Å². The van der Waals surface area contributed by atoms with E-state index in [0.29, 0.717) is 17.3 Å². The number of aryl methyl sites for hydroxylation is 1. The molecule has 0 spiro atoms. The van der Waals surface area contributed by atoms with E-state index < -0.39 is 0 Å². The van der Waals surface area contributed by atoms with E-state index in [0.717, 1.165) is 11.1 Å². The standard InChI is InChI=1S/C13H14N6O2/c1-8-10-6-11(21-5-4-20)16-7-19(10)18-12(8)9-2-3-15-13(14)17-9/h2-3,6-7,20H,4-5H2,1H3,(H2,14,15,17). The molecule has 0 aliphatic heterocycles. The van der Waals surface area contributed by atoms with Crippen LogP contribution < -0.4 is 10.5 Å². The van der Waals surface area contributed by atoms with Gasteiger partial charge in [0.15, 0.2) is 0 Å². The first-order valence-electron chi connectivity index (χ1n) is 6.36. The Morgan fingerprint density at radius 3 is 3.00 bits per heavy atom. The quantitative estimate of drug-likeness (QED) is 0.716. The second kappa shape index (κ2) is 5.33. The van der Waals surface area contributed by atoms with Crippen LogP contribution >= 0.6 is 0 Å². The molecule has 0 aliphatic carbocycles. The largest absolute Gasteiger partial charge is 0.475 e. The van der Waals surface area contributed by atoms with Gasteiger partial charge in [-0.3, -0.25) is 0 Å². The van der Waals surface area contributed by atoms with Crippen molar-refractivity contribution in [2.75, 3.05) is 18.9 Å². The van der Waals surface area contributed by atoms with Gasteiger partial charge in [-0.2, -0.15) is 5.10 Å². The maximum atomic E-state index is 8.78. The zero-order chi connectivity index (χ0) is 14.8. The molecule has 0 bridgehead atoms. The smallest absolute Gasteiger partial charge is 0.220 e. The number of nitrogens with zero attached hydrogens (tertiary/aromatic N) is 5. The van der Waals surface area contributed by atoms with Gasteiger partial charge >= 0.3 is 0 Å². The Balaban J connectivity index is 2.07. The van der Waals surface area contributed by atoms with Crippen LogP contribution in [0.25, 0.3) is 16.9 Å². The number of nitrogen functional groups attached to an aromatic ring is 1. The van der Waals surface area contributed by atoms with Gasteiger partial charge in [-0.1, -0.05) is 0 Å². The molecule has 108 valence electrons. The Morgan fingerprint density at radius 1 is 1.38 bits per heavy atom. The van der Waals surface area contributed by atoms with Crippen molar-refractivity contribution in [3.05, 3.63) is 30.2 Å². The summed E-state index contributed by atoms with van der Waals surface area (Å²) in [6.07, 6.45) is 3.15. The third-order valence-corrected chi connectivity index (χ3v) is 3.01. The summed E-state index contributed by atoms with van der Waals surface area (Å²) in [6, 6.07) is 3.52. The molecule has 0 aliphatic rings. The molecule has 0 atom stereocenters. The van der Waals surface area contributed by atoms with Gasteiger partial charge in [0, 0.05) is 17.8 Å². The average molecular weight is 286 g/mol. The van der Waals surface area contributed by atoms with Gasteiger partial charge < -0.3 is 15.6 Å². The van der Waals surface area contributed by atoms with E-state index in [-0.39, 0.29) is 19.2 Å². The predicted octanol–water partition coefficient (Wildman–Crippen LogP) is 0.448. The van der Waals surface area contributed by atoms with Crippen LogP contribution in [-0.2, 0) is 0 Å². The highest BCUT2D eigenvalue weighted by Crippen LogP contribution is 2.25. The Morgan fingerprint density at radius 2 is 2.24 bits per heavy atom. The van der Waals surface area contributed by atoms with E-state index in [1.807, 2.05) is 6.92 Å². The van der Waals surface area contributed by atoms with Crippen molar-refractivity contribution in [2.45, 2.75) is 6.92 Å². The second-order valence-corrected chi connectivity index (χ2v) is 4.40. The lowest BCUT2D eigenvalue weighted by Crippen LogP contribution is -2.03. The number of hydrogen-bond donors (Lipinski definition) is 2. The van der Waals surface area contributed by atoms with E-state index in [1.54, 1.807) is 29.2 Å². The summed E-state index contributed by atoms with van der Waals surface area (Å²) >= 11 is 0. The van der Waals surface area contributed by atoms with Crippen molar-refractivity contribution >= 4 is 11.5 Å². The minimum absolute atomic E-state index is 0.0590. The first-order chi connectivity index (χ1) is 10.2. The molecule has 21 heavy (non-hydrogen) atoms. The molecule has 3 heterocycles. The summed E-state index contributed by atoms with van der Waals surface area (Å²) in [5.41, 5.74) is 8.76. The highest BCUT2D eigenvalue weighted by molar-refractivity contribution is 5.70. The number of rotatable bonds is 4. The number of anilines is 1. The van der Waals surface area contributed by atoms with Gasteiger partial charge in [0.05, 0.1) is 17.8 Å².